The van der Waals surface area contributed by atoms with Gasteiger partial charge in [-0.25, -0.2) is 18.6 Å². The molecule has 47 nitrogen and oxygen atoms in total. The van der Waals surface area contributed by atoms with Crippen LogP contribution in [0.25, 0.3) is 0 Å². The van der Waals surface area contributed by atoms with Crippen molar-refractivity contribution in [1.29, 1.82) is 0 Å². The van der Waals surface area contributed by atoms with Gasteiger partial charge in [-0.2, -0.15) is 8.42 Å². The van der Waals surface area contributed by atoms with Crippen LogP contribution in [0.2, 0.25) is 0 Å². The molecular weight excluding hydrogens is 1410 g/mol. The lowest BCUT2D eigenvalue weighted by Gasteiger charge is -2.52. The van der Waals surface area contributed by atoms with Gasteiger partial charge in [0.05, 0.1) is 76.1 Å². The van der Waals surface area contributed by atoms with Crippen LogP contribution < -0.4 is 21.3 Å². The summed E-state index contributed by atoms with van der Waals surface area (Å²) in [5, 5.41) is 242. The number of carboxylic acids is 3. The van der Waals surface area contributed by atoms with Crippen molar-refractivity contribution in [1.82, 2.24) is 21.3 Å². The van der Waals surface area contributed by atoms with Crippen molar-refractivity contribution in [2.24, 2.45) is 0 Å². The molecule has 48 heteroatoms. The van der Waals surface area contributed by atoms with Crippen molar-refractivity contribution in [3.05, 3.63) is 0 Å². The van der Waals surface area contributed by atoms with Crippen LogP contribution in [0, 0.1) is 0 Å². The van der Waals surface area contributed by atoms with Crippen molar-refractivity contribution >= 4 is 51.9 Å². The Labute approximate surface area is 569 Å². The Morgan fingerprint density at radius 1 is 0.465 bits per heavy atom. The fourth-order valence-corrected chi connectivity index (χ4v) is 12.7. The lowest BCUT2D eigenvalue weighted by Crippen LogP contribution is -2.72. The zero-order valence-corrected chi connectivity index (χ0v) is 54.3. The highest BCUT2D eigenvalue weighted by Gasteiger charge is 2.65. The van der Waals surface area contributed by atoms with Crippen LogP contribution >= 0.6 is 0 Å². The molecule has 0 aliphatic carbocycles. The summed E-state index contributed by atoms with van der Waals surface area (Å²) in [5.41, 5.74) is 0. The van der Waals surface area contributed by atoms with E-state index in [4.69, 9.17) is 56.7 Å². The average molecular weight is 1500 g/mol. The van der Waals surface area contributed by atoms with Crippen LogP contribution in [0.1, 0.15) is 47.0 Å². The number of hydrogen-bond donors (Lipinski definition) is 26. The van der Waals surface area contributed by atoms with E-state index in [0.29, 0.717) is 0 Å². The summed E-state index contributed by atoms with van der Waals surface area (Å²) in [5.74, 6) is -22.2. The molecule has 0 aromatic heterocycles. The Bertz CT molecular complexity index is 2950. The normalized spacial score (nSPS) is 41.1. The molecule has 26 N–H and O–H groups in total. The number of aliphatic hydroxyl groups is 18. The molecule has 0 unspecified atom stereocenters. The van der Waals surface area contributed by atoms with Crippen molar-refractivity contribution < 1.29 is 210 Å². The molecule has 582 valence electrons. The van der Waals surface area contributed by atoms with E-state index < -0.39 is 312 Å². The molecule has 6 fully saturated rings. The Balaban J connectivity index is 1.42. The van der Waals surface area contributed by atoms with Gasteiger partial charge in [0.15, 0.2) is 18.9 Å². The number of carbonyl (C=O) groups excluding carboxylic acids is 4. The lowest BCUT2D eigenvalue weighted by molar-refractivity contribution is -0.401. The topological polar surface area (TPSA) is 758 Å². The largest absolute Gasteiger partial charge is 0.477 e. The molecule has 6 aliphatic rings. The van der Waals surface area contributed by atoms with Crippen LogP contribution in [0.15, 0.2) is 0 Å². The van der Waals surface area contributed by atoms with Gasteiger partial charge >= 0.3 is 28.3 Å². The molecule has 0 saturated carbocycles. The number of carbonyl (C=O) groups is 7. The molecule has 4 amide bonds. The minimum absolute atomic E-state index is 0.800. The number of amides is 4. The first kappa shape index (κ1) is 84.9. The molecule has 6 rings (SSSR count). The molecule has 0 bridgehead atoms. The average Bonchev–Trinajstić information content (AvgIpc) is 0.754. The fraction of sp³-hybridized carbons (Fsp3) is 0.868. The van der Waals surface area contributed by atoms with Crippen LogP contribution in [0.5, 0.6) is 0 Å². The molecular formula is C53H86N4O43S. The monoisotopic (exact) mass is 1500 g/mol. The SMILES string of the molecule is CC(=O)N[C@H]1[C@H](O[C@@H]2[C@H](O[C@]3(C(=O)O)C[C@H](O)[C@@H](NC(C)=O)[C@H]([C@H](O)[C@@H](CO)O[C@]4(C(=O)O)C[C@H](O)[C@@H](NC(C)=O)[C@H]([C@H](O)[C@@H](CO)O[C@]5(C(=O)O)C[C@H](O)[C@@H](NC(C)=O)[C@H]([C@H](O)[C@H](O)COS(=O)(=O)O)O5)O4)O3)[C@@H](O)[C@H](O[C@H]3[C@H](O)[C@@H](O)[C@H](O)O[C@@H]3CO)O[C@@H]2CO)O[C@H](CO)[C@H](O)[C@@H]1O. The van der Waals surface area contributed by atoms with Crippen LogP contribution in [0.4, 0.5) is 0 Å². The van der Waals surface area contributed by atoms with Gasteiger partial charge in [-0.05, 0) is 0 Å². The Hall–Kier alpha value is -5.00. The Morgan fingerprint density at radius 2 is 0.842 bits per heavy atom. The first-order chi connectivity index (χ1) is 47.0. The van der Waals surface area contributed by atoms with Crippen molar-refractivity contribution in [2.75, 3.05) is 39.6 Å². The summed E-state index contributed by atoms with van der Waals surface area (Å²) in [6, 6.07) is -8.18. The van der Waals surface area contributed by atoms with Crippen LogP contribution in [0.3, 0.4) is 0 Å². The number of aliphatic hydroxyl groups excluding tert-OH is 18. The third-order valence-electron chi connectivity index (χ3n) is 17.2. The molecule has 6 aliphatic heterocycles. The van der Waals surface area contributed by atoms with Gasteiger partial charge in [-0.3, -0.25) is 23.7 Å². The maximum Gasteiger partial charge on any atom is 0.397 e. The second-order valence-corrected chi connectivity index (χ2v) is 25.6. The van der Waals surface area contributed by atoms with Crippen LogP contribution in [-0.2, 0) is 100 Å². The van der Waals surface area contributed by atoms with Gasteiger partial charge in [0, 0.05) is 47.0 Å². The summed E-state index contributed by atoms with van der Waals surface area (Å²) < 4.78 is 98.7. The number of ether oxygens (including phenoxy) is 11. The zero-order valence-electron chi connectivity index (χ0n) is 53.5. The number of aliphatic carboxylic acids is 3. The third kappa shape index (κ3) is 19.4. The fourth-order valence-electron chi connectivity index (χ4n) is 12.4. The predicted molar refractivity (Wildman–Crippen MR) is 308 cm³/mol. The van der Waals surface area contributed by atoms with Crippen molar-refractivity contribution in [3.63, 3.8) is 0 Å². The highest BCUT2D eigenvalue weighted by atomic mass is 32.3. The van der Waals surface area contributed by atoms with Gasteiger partial charge in [0.2, 0.25) is 23.6 Å². The first-order valence-electron chi connectivity index (χ1n) is 30.6. The van der Waals surface area contributed by atoms with Gasteiger partial charge in [0.25, 0.3) is 17.4 Å². The molecule has 0 aromatic carbocycles. The second kappa shape index (κ2) is 34.9. The third-order valence-corrected chi connectivity index (χ3v) is 17.6. The summed E-state index contributed by atoms with van der Waals surface area (Å²) in [6.45, 7) is -5.06. The Kier molecular flexibility index (Phi) is 29.4. The zero-order chi connectivity index (χ0) is 76.0. The first-order valence-corrected chi connectivity index (χ1v) is 32.0. The predicted octanol–water partition coefficient (Wildman–Crippen LogP) is -16.1. The standard InChI is InChI=1S/C53H86N4O43S/c1-14(63)54-27-18(67)5-51(48(80)81,97-41(27)31(71)21(70)13-89-101(86,87)88)95-23(9-59)33(73)42-28(55-15(2)64)19(68)6-52(98-42,49(82)83)96-24(10-60)34(74)43-29(56-16(3)65)20(69)7-53(99-43,50(84)85)100-44-38(78)47(93-39-25(11-61)90-45(79)37(77)36(39)76)92-26(12-62)40(44)94-46-30(57-17(4)66)35(75)32(72)22(8-58)91-46/h18-47,58-62,67-79H,5-13H2,1-4H3,(H,54,63)(H,55,64)(H,56,65)(H,57,66)(H,80,81)(H,82,83)(H,84,85)(H,86,87,88)/t18-,19-,20-,21+,22+,23+,24+,25+,26+,27+,28+,29+,30+,31+,32-,33+,34+,35+,36+,37+,38+,39+,40-,41+,42+,43+,44+,45+,46-,47-,51+,52+,53-/m0/s1. The van der Waals surface area contributed by atoms with Crippen LogP contribution in [-0.4, -0.2) is 402 Å². The summed E-state index contributed by atoms with van der Waals surface area (Å²) in [6.07, 6.45) is -66.3. The van der Waals surface area contributed by atoms with E-state index in [0.717, 1.165) is 27.7 Å². The summed E-state index contributed by atoms with van der Waals surface area (Å²) in [4.78, 5) is 91.3. The number of nitrogens with one attached hydrogen (secondary N) is 4. The van der Waals surface area contributed by atoms with E-state index in [1.54, 1.807) is 0 Å². The van der Waals surface area contributed by atoms with E-state index in [-0.39, 0.29) is 0 Å². The number of hydrogen-bond acceptors (Lipinski definition) is 39. The quantitative estimate of drug-likeness (QED) is 0.0287. The lowest BCUT2D eigenvalue weighted by atomic mass is 9.86. The van der Waals surface area contributed by atoms with E-state index in [2.05, 4.69) is 25.5 Å². The van der Waals surface area contributed by atoms with Gasteiger partial charge in [-0.1, -0.05) is 0 Å². The van der Waals surface area contributed by atoms with E-state index in [9.17, 15) is 149 Å². The van der Waals surface area contributed by atoms with E-state index in [1.807, 2.05) is 0 Å². The van der Waals surface area contributed by atoms with Gasteiger partial charge in [0.1, 0.15) is 128 Å². The maximum absolute atomic E-state index is 14.0. The molecule has 0 radical (unpaired) electrons. The molecule has 6 saturated heterocycles. The van der Waals surface area contributed by atoms with Crippen molar-refractivity contribution in [2.45, 2.75) is 248 Å². The maximum atomic E-state index is 14.0. The van der Waals surface area contributed by atoms with E-state index in [1.165, 1.54) is 0 Å². The molecule has 33 atom stereocenters. The molecule has 6 heterocycles. The Morgan fingerprint density at radius 3 is 1.24 bits per heavy atom. The van der Waals surface area contributed by atoms with Crippen molar-refractivity contribution in [3.8, 4) is 0 Å². The second-order valence-electron chi connectivity index (χ2n) is 24.5. The summed E-state index contributed by atoms with van der Waals surface area (Å²) in [7, 11) is -5.35. The summed E-state index contributed by atoms with van der Waals surface area (Å²) >= 11 is 0. The minimum atomic E-state index is -5.35. The molecule has 0 aromatic rings. The minimum Gasteiger partial charge on any atom is -0.477 e. The highest BCUT2D eigenvalue weighted by Crippen LogP contribution is 2.43. The number of rotatable bonds is 31. The van der Waals surface area contributed by atoms with Gasteiger partial charge < -0.3 is 181 Å². The molecule has 101 heavy (non-hydrogen) atoms. The van der Waals surface area contributed by atoms with Gasteiger partial charge in [-0.15, -0.1) is 0 Å². The number of carboxylic acid groups (broad SMARTS) is 3. The highest BCUT2D eigenvalue weighted by molar-refractivity contribution is 7.80. The van der Waals surface area contributed by atoms with E-state index >= 15 is 0 Å². The molecule has 0 spiro atoms. The smallest absolute Gasteiger partial charge is 0.397 e.